The van der Waals surface area contributed by atoms with Crippen molar-refractivity contribution >= 4 is 40.0 Å². The summed E-state index contributed by atoms with van der Waals surface area (Å²) in [4.78, 5) is 27.1. The lowest BCUT2D eigenvalue weighted by molar-refractivity contribution is -0.113. The molecule has 3 aromatic rings. The highest BCUT2D eigenvalue weighted by atomic mass is 32.2. The van der Waals surface area contributed by atoms with Crippen LogP contribution in [0.15, 0.2) is 42.1 Å². The van der Waals surface area contributed by atoms with Crippen LogP contribution in [-0.4, -0.2) is 44.6 Å². The van der Waals surface area contributed by atoms with Gasteiger partial charge in [0.1, 0.15) is 10.8 Å². The Morgan fingerprint density at radius 3 is 2.62 bits per heavy atom. The highest BCUT2D eigenvalue weighted by molar-refractivity contribution is 7.99. The third-order valence-electron chi connectivity index (χ3n) is 7.05. The molecule has 8 nitrogen and oxygen atoms in total. The fourth-order valence-corrected chi connectivity index (χ4v) is 7.26. The minimum atomic E-state index is -0.368. The van der Waals surface area contributed by atoms with Gasteiger partial charge in [0.15, 0.2) is 11.0 Å². The van der Waals surface area contributed by atoms with Gasteiger partial charge in [0.2, 0.25) is 5.91 Å². The molecule has 2 aliphatic rings. The van der Waals surface area contributed by atoms with E-state index in [0.717, 1.165) is 55.4 Å². The molecule has 1 fully saturated rings. The van der Waals surface area contributed by atoms with E-state index in [1.807, 2.05) is 42.7 Å². The van der Waals surface area contributed by atoms with Gasteiger partial charge in [0.05, 0.1) is 23.5 Å². The molecule has 0 saturated heterocycles. The number of ether oxygens (including phenoxy) is 2. The smallest absolute Gasteiger partial charge is 0.341 e. The number of hydrogen-bond donors (Lipinski definition) is 1. The predicted octanol–water partition coefficient (Wildman–Crippen LogP) is 6.69. The second-order valence-corrected chi connectivity index (χ2v) is 12.5. The molecule has 212 valence electrons. The van der Waals surface area contributed by atoms with Gasteiger partial charge in [-0.3, -0.25) is 9.36 Å². The Kier molecular flexibility index (Phi) is 9.26. The maximum atomic E-state index is 13.1. The highest BCUT2D eigenvalue weighted by Gasteiger charge is 2.28. The van der Waals surface area contributed by atoms with Gasteiger partial charge in [-0.15, -0.1) is 28.1 Å². The molecule has 10 heteroatoms. The summed E-state index contributed by atoms with van der Waals surface area (Å²) in [5.41, 5.74) is 2.46. The number of nitrogens with zero attached hydrogens (tertiary/aromatic N) is 3. The van der Waals surface area contributed by atoms with Crippen molar-refractivity contribution in [2.75, 3.05) is 11.1 Å². The van der Waals surface area contributed by atoms with Crippen molar-refractivity contribution in [2.45, 2.75) is 89.1 Å². The molecule has 0 unspecified atom stereocenters. The van der Waals surface area contributed by atoms with Crippen LogP contribution in [0.2, 0.25) is 0 Å². The number of anilines is 1. The maximum absolute atomic E-state index is 13.1. The Hall–Kier alpha value is -3.11. The van der Waals surface area contributed by atoms with Crippen molar-refractivity contribution in [3.8, 4) is 17.1 Å². The number of amides is 1. The van der Waals surface area contributed by atoms with Gasteiger partial charge in [0, 0.05) is 17.0 Å². The molecule has 1 saturated carbocycles. The molecule has 0 spiro atoms. The van der Waals surface area contributed by atoms with Crippen molar-refractivity contribution in [1.82, 2.24) is 14.8 Å². The molecule has 2 aromatic heterocycles. The molecule has 0 radical (unpaired) electrons. The molecule has 1 amide bonds. The Bertz CT molecular complexity index is 1360. The lowest BCUT2D eigenvalue weighted by atomic mass is 9.95. The van der Waals surface area contributed by atoms with Crippen molar-refractivity contribution in [3.05, 3.63) is 52.9 Å². The number of fused-ring (bicyclic) bond motifs is 1. The van der Waals surface area contributed by atoms with E-state index in [-0.39, 0.29) is 23.7 Å². The second kappa shape index (κ2) is 13.0. The fraction of sp³-hybridized carbons (Fsp3) is 0.467. The average Bonchev–Trinajstić information content (AvgIpc) is 3.67. The van der Waals surface area contributed by atoms with Gasteiger partial charge < -0.3 is 14.8 Å². The SMILES string of the molecule is C=CCn1c(SCC(=O)Nc2sc3c(c2C(=O)OC(C)C)CCCC3)nnc1-c1ccc(OC2CCCC2)cc1. The Morgan fingerprint density at radius 2 is 1.90 bits per heavy atom. The van der Waals surface area contributed by atoms with Crippen LogP contribution in [0.5, 0.6) is 5.75 Å². The Balaban J connectivity index is 1.27. The number of carbonyl (C=O) groups is 2. The first-order valence-electron chi connectivity index (χ1n) is 14.0. The van der Waals surface area contributed by atoms with Crippen molar-refractivity contribution in [3.63, 3.8) is 0 Å². The molecule has 1 N–H and O–H groups in total. The van der Waals surface area contributed by atoms with E-state index in [9.17, 15) is 9.59 Å². The van der Waals surface area contributed by atoms with E-state index in [0.29, 0.717) is 34.2 Å². The number of nitrogens with one attached hydrogen (secondary N) is 1. The van der Waals surface area contributed by atoms with Crippen molar-refractivity contribution in [1.29, 1.82) is 0 Å². The first kappa shape index (κ1) is 28.4. The van der Waals surface area contributed by atoms with E-state index >= 15 is 0 Å². The molecule has 0 aliphatic heterocycles. The summed E-state index contributed by atoms with van der Waals surface area (Å²) >= 11 is 2.80. The first-order valence-corrected chi connectivity index (χ1v) is 15.8. The molecule has 1 aromatic carbocycles. The van der Waals surface area contributed by atoms with E-state index in [1.54, 1.807) is 6.08 Å². The highest BCUT2D eigenvalue weighted by Crippen LogP contribution is 2.39. The molecular formula is C30H36N4O4S2. The van der Waals surface area contributed by atoms with E-state index in [1.165, 1.54) is 40.8 Å². The quantitative estimate of drug-likeness (QED) is 0.153. The number of hydrogen-bond acceptors (Lipinski definition) is 8. The molecule has 0 atom stereocenters. The fourth-order valence-electron chi connectivity index (χ4n) is 5.22. The molecule has 40 heavy (non-hydrogen) atoms. The maximum Gasteiger partial charge on any atom is 0.341 e. The summed E-state index contributed by atoms with van der Waals surface area (Å²) < 4.78 is 13.6. The zero-order valence-corrected chi connectivity index (χ0v) is 24.7. The average molecular weight is 581 g/mol. The number of aryl methyl sites for hydroxylation is 1. The second-order valence-electron chi connectivity index (χ2n) is 10.5. The zero-order chi connectivity index (χ0) is 28.1. The van der Waals surface area contributed by atoms with Gasteiger partial charge in [0.25, 0.3) is 0 Å². The summed E-state index contributed by atoms with van der Waals surface area (Å²) in [6, 6.07) is 7.93. The molecule has 0 bridgehead atoms. The lowest BCUT2D eigenvalue weighted by Gasteiger charge is -2.14. The summed E-state index contributed by atoms with van der Waals surface area (Å²) in [7, 11) is 0. The van der Waals surface area contributed by atoms with Crippen LogP contribution in [0.1, 0.15) is 73.2 Å². The van der Waals surface area contributed by atoms with Crippen LogP contribution < -0.4 is 10.1 Å². The Morgan fingerprint density at radius 1 is 1.15 bits per heavy atom. The van der Waals surface area contributed by atoms with Gasteiger partial charge in [-0.25, -0.2) is 4.79 Å². The minimum absolute atomic E-state index is 0.130. The third-order valence-corrected chi connectivity index (χ3v) is 9.22. The van der Waals surface area contributed by atoms with Gasteiger partial charge in [-0.2, -0.15) is 0 Å². The van der Waals surface area contributed by atoms with Crippen LogP contribution in [-0.2, 0) is 28.9 Å². The number of aromatic nitrogens is 3. The van der Waals surface area contributed by atoms with Crippen molar-refractivity contribution < 1.29 is 19.1 Å². The monoisotopic (exact) mass is 580 g/mol. The zero-order valence-electron chi connectivity index (χ0n) is 23.1. The van der Waals surface area contributed by atoms with E-state index in [4.69, 9.17) is 9.47 Å². The standard InChI is InChI=1S/C30H36N4O4S2/c1-4-17-34-27(20-13-15-22(16-14-20)38-21-9-5-6-10-21)32-33-30(34)39-18-25(35)31-28-26(29(36)37-19(2)3)23-11-7-8-12-24(23)40-28/h4,13-16,19,21H,1,5-12,17-18H2,2-3H3,(H,31,35). The van der Waals surface area contributed by atoms with Crippen LogP contribution in [0, 0.1) is 0 Å². The van der Waals surface area contributed by atoms with Gasteiger partial charge in [-0.1, -0.05) is 17.8 Å². The van der Waals surface area contributed by atoms with Crippen LogP contribution in [0.4, 0.5) is 5.00 Å². The van der Waals surface area contributed by atoms with Gasteiger partial charge >= 0.3 is 5.97 Å². The van der Waals surface area contributed by atoms with Crippen LogP contribution >= 0.6 is 23.1 Å². The first-order chi connectivity index (χ1) is 19.4. The van der Waals surface area contributed by atoms with Gasteiger partial charge in [-0.05, 0) is 95.0 Å². The third kappa shape index (κ3) is 6.61. The number of thiophene rings is 1. The minimum Gasteiger partial charge on any atom is -0.490 e. The predicted molar refractivity (Wildman–Crippen MR) is 159 cm³/mol. The number of esters is 1. The molecule has 5 rings (SSSR count). The Labute approximate surface area is 243 Å². The van der Waals surface area contributed by atoms with E-state index < -0.39 is 0 Å². The molecular weight excluding hydrogens is 544 g/mol. The molecule has 2 heterocycles. The summed E-state index contributed by atoms with van der Waals surface area (Å²) in [5.74, 6) is 1.13. The molecule has 2 aliphatic carbocycles. The summed E-state index contributed by atoms with van der Waals surface area (Å²) in [5, 5.41) is 13.0. The van der Waals surface area contributed by atoms with Crippen LogP contribution in [0.25, 0.3) is 11.4 Å². The lowest BCUT2D eigenvalue weighted by Crippen LogP contribution is -2.19. The summed E-state index contributed by atoms with van der Waals surface area (Å²) in [6.45, 7) is 8.06. The number of carbonyl (C=O) groups excluding carboxylic acids is 2. The topological polar surface area (TPSA) is 95.3 Å². The number of benzene rings is 1. The number of thioether (sulfide) groups is 1. The van der Waals surface area contributed by atoms with E-state index in [2.05, 4.69) is 22.1 Å². The number of allylic oxidation sites excluding steroid dienone is 1. The van der Waals surface area contributed by atoms with Crippen molar-refractivity contribution in [2.24, 2.45) is 0 Å². The number of rotatable bonds is 11. The normalized spacial score (nSPS) is 15.2. The largest absolute Gasteiger partial charge is 0.490 e. The van der Waals surface area contributed by atoms with Crippen LogP contribution in [0.3, 0.4) is 0 Å². The summed E-state index contributed by atoms with van der Waals surface area (Å²) in [6.07, 6.45) is 10.4.